The average Bonchev–Trinajstić information content (AvgIpc) is 3.43. The molecule has 1 aromatic carbocycles. The maximum Gasteiger partial charge on any atom is 0.231 e. The lowest BCUT2D eigenvalue weighted by atomic mass is 9.97. The molecule has 0 aliphatic carbocycles. The number of furan rings is 1. The zero-order valence-electron chi connectivity index (χ0n) is 14.4. The SMILES string of the molecule is c1coc(CN2CC[C@@H](c3ccnc(-c4ccc5c(c4)OCO5)c3)C2)c1. The Bertz CT molecular complexity index is 907. The summed E-state index contributed by atoms with van der Waals surface area (Å²) in [5, 5.41) is 0. The molecule has 3 aromatic rings. The van der Waals surface area contributed by atoms with Crippen LogP contribution in [0.4, 0.5) is 0 Å². The summed E-state index contributed by atoms with van der Waals surface area (Å²) < 4.78 is 16.4. The Labute approximate surface area is 152 Å². The number of rotatable bonds is 4. The summed E-state index contributed by atoms with van der Waals surface area (Å²) >= 11 is 0. The van der Waals surface area contributed by atoms with E-state index in [9.17, 15) is 0 Å². The first-order chi connectivity index (χ1) is 12.8. The zero-order valence-corrected chi connectivity index (χ0v) is 14.4. The molecular weight excluding hydrogens is 328 g/mol. The van der Waals surface area contributed by atoms with Gasteiger partial charge >= 0.3 is 0 Å². The second kappa shape index (κ2) is 6.50. The summed E-state index contributed by atoms with van der Waals surface area (Å²) in [6, 6.07) is 14.3. The summed E-state index contributed by atoms with van der Waals surface area (Å²) in [6.07, 6.45) is 4.80. The number of hydrogen-bond donors (Lipinski definition) is 0. The van der Waals surface area contributed by atoms with E-state index in [0.717, 1.165) is 54.6 Å². The summed E-state index contributed by atoms with van der Waals surface area (Å²) in [7, 11) is 0. The molecule has 0 unspecified atom stereocenters. The van der Waals surface area contributed by atoms with Gasteiger partial charge in [0.05, 0.1) is 18.5 Å². The molecule has 2 aliphatic rings. The minimum absolute atomic E-state index is 0.292. The first kappa shape index (κ1) is 15.5. The van der Waals surface area contributed by atoms with Crippen molar-refractivity contribution in [1.82, 2.24) is 9.88 Å². The monoisotopic (exact) mass is 348 g/mol. The third-order valence-corrected chi connectivity index (χ3v) is 5.16. The van der Waals surface area contributed by atoms with Crippen LogP contribution < -0.4 is 9.47 Å². The van der Waals surface area contributed by atoms with Crippen LogP contribution in [0.5, 0.6) is 11.5 Å². The molecule has 2 aliphatic heterocycles. The highest BCUT2D eigenvalue weighted by molar-refractivity contribution is 5.65. The minimum Gasteiger partial charge on any atom is -0.468 e. The van der Waals surface area contributed by atoms with E-state index in [1.807, 2.05) is 36.5 Å². The van der Waals surface area contributed by atoms with Crippen molar-refractivity contribution in [2.45, 2.75) is 18.9 Å². The van der Waals surface area contributed by atoms with Crippen molar-refractivity contribution in [2.24, 2.45) is 0 Å². The number of likely N-dealkylation sites (tertiary alicyclic amines) is 1. The molecule has 0 radical (unpaired) electrons. The molecular formula is C21H20N2O3. The fourth-order valence-electron chi connectivity index (χ4n) is 3.79. The Hall–Kier alpha value is -2.79. The quantitative estimate of drug-likeness (QED) is 0.711. The Morgan fingerprint density at radius 3 is 2.96 bits per heavy atom. The van der Waals surface area contributed by atoms with E-state index in [0.29, 0.717) is 12.7 Å². The molecule has 0 N–H and O–H groups in total. The van der Waals surface area contributed by atoms with Crippen LogP contribution in [0.1, 0.15) is 23.7 Å². The lowest BCUT2D eigenvalue weighted by molar-refractivity contribution is 0.174. The first-order valence-corrected chi connectivity index (χ1v) is 8.96. The third kappa shape index (κ3) is 2.95. The van der Waals surface area contributed by atoms with Gasteiger partial charge in [-0.3, -0.25) is 9.88 Å². The normalized spacial score (nSPS) is 19.2. The highest BCUT2D eigenvalue weighted by atomic mass is 16.7. The van der Waals surface area contributed by atoms with Gasteiger partial charge in [-0.2, -0.15) is 0 Å². The minimum atomic E-state index is 0.292. The highest BCUT2D eigenvalue weighted by Crippen LogP contribution is 2.36. The van der Waals surface area contributed by atoms with Crippen molar-refractivity contribution in [3.05, 3.63) is 66.2 Å². The number of hydrogen-bond acceptors (Lipinski definition) is 5. The molecule has 1 saturated heterocycles. The van der Waals surface area contributed by atoms with Crippen LogP contribution in [0.25, 0.3) is 11.3 Å². The fraction of sp³-hybridized carbons (Fsp3) is 0.286. The van der Waals surface area contributed by atoms with Gasteiger partial charge in [-0.15, -0.1) is 0 Å². The topological polar surface area (TPSA) is 47.7 Å². The highest BCUT2D eigenvalue weighted by Gasteiger charge is 2.25. The molecule has 26 heavy (non-hydrogen) atoms. The molecule has 5 heteroatoms. The summed E-state index contributed by atoms with van der Waals surface area (Å²) in [4.78, 5) is 7.01. The molecule has 5 nitrogen and oxygen atoms in total. The predicted octanol–water partition coefficient (Wildman–Crippen LogP) is 4.06. The van der Waals surface area contributed by atoms with E-state index < -0.39 is 0 Å². The lowest BCUT2D eigenvalue weighted by Gasteiger charge is -2.15. The first-order valence-electron chi connectivity index (χ1n) is 8.96. The van der Waals surface area contributed by atoms with E-state index in [1.165, 1.54) is 5.56 Å². The maximum atomic E-state index is 5.49. The Morgan fingerprint density at radius 1 is 1.08 bits per heavy atom. The van der Waals surface area contributed by atoms with Crippen LogP contribution in [0, 0.1) is 0 Å². The zero-order chi connectivity index (χ0) is 17.3. The van der Waals surface area contributed by atoms with Crippen molar-refractivity contribution in [2.75, 3.05) is 19.9 Å². The van der Waals surface area contributed by atoms with Gasteiger partial charge in [0.1, 0.15) is 5.76 Å². The molecule has 1 atom stereocenters. The standard InChI is InChI=1S/C21H20N2O3/c1-2-18(24-9-1)13-23-8-6-17(12-23)15-5-7-22-19(10-15)16-3-4-20-21(11-16)26-14-25-20/h1-5,7,9-11,17H,6,8,12-14H2/t17-/m1/s1. The predicted molar refractivity (Wildman–Crippen MR) is 97.1 cm³/mol. The Balaban J connectivity index is 1.34. The van der Waals surface area contributed by atoms with Crippen LogP contribution >= 0.6 is 0 Å². The van der Waals surface area contributed by atoms with Crippen LogP contribution in [-0.4, -0.2) is 29.8 Å². The van der Waals surface area contributed by atoms with Crippen LogP contribution in [0.2, 0.25) is 0 Å². The molecule has 0 bridgehead atoms. The molecule has 5 rings (SSSR count). The van der Waals surface area contributed by atoms with Crippen LogP contribution in [0.3, 0.4) is 0 Å². The molecule has 0 amide bonds. The van der Waals surface area contributed by atoms with E-state index in [1.54, 1.807) is 6.26 Å². The van der Waals surface area contributed by atoms with Gasteiger partial charge in [-0.1, -0.05) is 0 Å². The Kier molecular flexibility index (Phi) is 3.87. The van der Waals surface area contributed by atoms with Gasteiger partial charge in [-0.05, 0) is 66.9 Å². The maximum absolute atomic E-state index is 5.49. The molecule has 0 spiro atoms. The molecule has 4 heterocycles. The van der Waals surface area contributed by atoms with Crippen molar-refractivity contribution >= 4 is 0 Å². The number of nitrogens with zero attached hydrogens (tertiary/aromatic N) is 2. The van der Waals surface area contributed by atoms with Gasteiger partial charge in [0.25, 0.3) is 0 Å². The fourth-order valence-corrected chi connectivity index (χ4v) is 3.79. The third-order valence-electron chi connectivity index (χ3n) is 5.16. The molecule has 2 aromatic heterocycles. The second-order valence-electron chi connectivity index (χ2n) is 6.84. The summed E-state index contributed by atoms with van der Waals surface area (Å²) in [5.74, 6) is 3.15. The van der Waals surface area contributed by atoms with Gasteiger partial charge < -0.3 is 13.9 Å². The van der Waals surface area contributed by atoms with Crippen LogP contribution in [0.15, 0.2) is 59.3 Å². The Morgan fingerprint density at radius 2 is 2.04 bits per heavy atom. The van der Waals surface area contributed by atoms with Gasteiger partial charge in [0, 0.05) is 18.3 Å². The van der Waals surface area contributed by atoms with Crippen LogP contribution in [-0.2, 0) is 6.54 Å². The van der Waals surface area contributed by atoms with Gasteiger partial charge in [0.15, 0.2) is 11.5 Å². The van der Waals surface area contributed by atoms with E-state index >= 15 is 0 Å². The van der Waals surface area contributed by atoms with Crippen molar-refractivity contribution in [3.63, 3.8) is 0 Å². The average molecular weight is 348 g/mol. The van der Waals surface area contributed by atoms with Crippen molar-refractivity contribution in [1.29, 1.82) is 0 Å². The summed E-state index contributed by atoms with van der Waals surface area (Å²) in [6.45, 7) is 3.31. The largest absolute Gasteiger partial charge is 0.468 e. The number of ether oxygens (including phenoxy) is 2. The number of pyridine rings is 1. The van der Waals surface area contributed by atoms with Gasteiger partial charge in [-0.25, -0.2) is 0 Å². The second-order valence-corrected chi connectivity index (χ2v) is 6.84. The van der Waals surface area contributed by atoms with Crippen molar-refractivity contribution in [3.8, 4) is 22.8 Å². The lowest BCUT2D eigenvalue weighted by Crippen LogP contribution is -2.19. The summed E-state index contributed by atoms with van der Waals surface area (Å²) in [5.41, 5.74) is 3.38. The number of fused-ring (bicyclic) bond motifs is 1. The van der Waals surface area contributed by atoms with E-state index in [2.05, 4.69) is 22.0 Å². The molecule has 0 saturated carbocycles. The van der Waals surface area contributed by atoms with Crippen molar-refractivity contribution < 1.29 is 13.9 Å². The number of benzene rings is 1. The molecule has 1 fully saturated rings. The smallest absolute Gasteiger partial charge is 0.231 e. The molecule has 132 valence electrons. The van der Waals surface area contributed by atoms with Gasteiger partial charge in [0.2, 0.25) is 6.79 Å². The van der Waals surface area contributed by atoms with E-state index in [4.69, 9.17) is 13.9 Å². The van der Waals surface area contributed by atoms with E-state index in [-0.39, 0.29) is 0 Å². The number of aromatic nitrogens is 1.